The Labute approximate surface area is 175 Å². The molecule has 1 heterocycles. The van der Waals surface area contributed by atoms with E-state index in [1.807, 2.05) is 0 Å². The van der Waals surface area contributed by atoms with Crippen molar-refractivity contribution in [1.29, 1.82) is 0 Å². The molecule has 1 aliphatic heterocycles. The van der Waals surface area contributed by atoms with Gasteiger partial charge in [-0.15, -0.1) is 0 Å². The number of allylic oxidation sites excluding steroid dienone is 6. The van der Waals surface area contributed by atoms with Crippen molar-refractivity contribution in [3.63, 3.8) is 0 Å². The van der Waals surface area contributed by atoms with Gasteiger partial charge in [-0.1, -0.05) is 67.7 Å². The van der Waals surface area contributed by atoms with Crippen molar-refractivity contribution in [3.8, 4) is 0 Å². The van der Waals surface area contributed by atoms with Crippen LogP contribution in [0.3, 0.4) is 0 Å². The zero-order chi connectivity index (χ0) is 20.6. The van der Waals surface area contributed by atoms with Crippen molar-refractivity contribution in [2.45, 2.75) is 117 Å². The van der Waals surface area contributed by atoms with Crippen molar-refractivity contribution in [2.24, 2.45) is 5.92 Å². The van der Waals surface area contributed by atoms with Gasteiger partial charge in [-0.25, -0.2) is 0 Å². The molecule has 1 heteroatoms. The summed E-state index contributed by atoms with van der Waals surface area (Å²) < 4.78 is 6.65. The number of fused-ring (bicyclic) bond motifs is 1. The van der Waals surface area contributed by atoms with Crippen LogP contribution in [0.4, 0.5) is 0 Å². The summed E-state index contributed by atoms with van der Waals surface area (Å²) in [5.74, 6) is 0.518. The Balaban J connectivity index is 1.75. The highest BCUT2D eigenvalue weighted by Crippen LogP contribution is 2.41. The van der Waals surface area contributed by atoms with Gasteiger partial charge in [0.25, 0.3) is 0 Å². The summed E-state index contributed by atoms with van der Waals surface area (Å²) in [6.45, 7) is 13.7. The molecule has 0 aromatic carbocycles. The average Bonchev–Trinajstić information content (AvgIpc) is 2.65. The molecule has 0 aromatic heterocycles. The molecule has 1 fully saturated rings. The predicted molar refractivity (Wildman–Crippen MR) is 124 cm³/mol. The molecule has 3 atom stereocenters. The molecule has 158 valence electrons. The maximum absolute atomic E-state index is 6.65. The van der Waals surface area contributed by atoms with Crippen LogP contribution in [0.15, 0.2) is 46.6 Å². The summed E-state index contributed by atoms with van der Waals surface area (Å²) in [7, 11) is 0. The third-order valence-corrected chi connectivity index (χ3v) is 6.82. The molecule has 0 N–H and O–H groups in total. The first kappa shape index (κ1) is 23.2. The van der Waals surface area contributed by atoms with Gasteiger partial charge in [0, 0.05) is 5.92 Å². The molecule has 2 aliphatic rings. The normalized spacial score (nSPS) is 28.6. The Morgan fingerprint density at radius 1 is 1.11 bits per heavy atom. The number of unbranched alkanes of at least 4 members (excludes halogenated alkanes) is 2. The van der Waals surface area contributed by atoms with Crippen LogP contribution in [-0.4, -0.2) is 11.7 Å². The fourth-order valence-corrected chi connectivity index (χ4v) is 4.43. The highest BCUT2D eigenvalue weighted by Gasteiger charge is 2.38. The quantitative estimate of drug-likeness (QED) is 0.271. The summed E-state index contributed by atoms with van der Waals surface area (Å²) >= 11 is 0. The van der Waals surface area contributed by atoms with Gasteiger partial charge in [0.05, 0.1) is 11.7 Å². The molecule has 0 saturated carbocycles. The van der Waals surface area contributed by atoms with Crippen LogP contribution in [-0.2, 0) is 4.74 Å². The molecular weight excluding hydrogens is 340 g/mol. The third kappa shape index (κ3) is 7.07. The van der Waals surface area contributed by atoms with E-state index in [0.29, 0.717) is 12.0 Å². The Kier molecular flexibility index (Phi) is 9.28. The van der Waals surface area contributed by atoms with Gasteiger partial charge in [0.15, 0.2) is 0 Å². The maximum Gasteiger partial charge on any atom is 0.0858 e. The molecule has 0 bridgehead atoms. The van der Waals surface area contributed by atoms with Gasteiger partial charge in [-0.2, -0.15) is 0 Å². The lowest BCUT2D eigenvalue weighted by atomic mass is 9.78. The van der Waals surface area contributed by atoms with Gasteiger partial charge in [-0.3, -0.25) is 0 Å². The van der Waals surface area contributed by atoms with E-state index in [1.165, 1.54) is 61.7 Å². The van der Waals surface area contributed by atoms with Gasteiger partial charge in [0.1, 0.15) is 0 Å². The van der Waals surface area contributed by atoms with E-state index in [4.69, 9.17) is 4.74 Å². The van der Waals surface area contributed by atoms with Crippen LogP contribution in [0.2, 0.25) is 0 Å². The van der Waals surface area contributed by atoms with Crippen LogP contribution in [0.1, 0.15) is 106 Å². The Hall–Kier alpha value is -1.08. The molecule has 0 radical (unpaired) electrons. The Morgan fingerprint density at radius 2 is 1.82 bits per heavy atom. The molecule has 3 unspecified atom stereocenters. The zero-order valence-electron chi connectivity index (χ0n) is 19.4. The first-order valence-electron chi connectivity index (χ1n) is 11.7. The van der Waals surface area contributed by atoms with Crippen molar-refractivity contribution in [3.05, 3.63) is 46.6 Å². The SMILES string of the molecule is CCCCC/C(C)=C/CC/C(C)=C/CCC1(C)CCC2=CC=C(C)C(C)C2O1. The first-order chi connectivity index (χ1) is 13.3. The monoisotopic (exact) mass is 384 g/mol. The van der Waals surface area contributed by atoms with Crippen LogP contribution < -0.4 is 0 Å². The first-order valence-corrected chi connectivity index (χ1v) is 11.7. The molecule has 0 aromatic rings. The smallest absolute Gasteiger partial charge is 0.0858 e. The second-order valence-electron chi connectivity index (χ2n) is 9.56. The minimum absolute atomic E-state index is 0.0282. The summed E-state index contributed by atoms with van der Waals surface area (Å²) in [5, 5.41) is 0. The van der Waals surface area contributed by atoms with Crippen LogP contribution >= 0.6 is 0 Å². The molecule has 0 spiro atoms. The number of hydrogen-bond donors (Lipinski definition) is 0. The van der Waals surface area contributed by atoms with E-state index in [-0.39, 0.29) is 5.60 Å². The molecular formula is C27H44O. The minimum atomic E-state index is 0.0282. The lowest BCUT2D eigenvalue weighted by molar-refractivity contribution is -0.110. The highest BCUT2D eigenvalue weighted by molar-refractivity contribution is 5.30. The fraction of sp³-hybridized carbons (Fsp3) is 0.704. The van der Waals surface area contributed by atoms with Crippen molar-refractivity contribution < 1.29 is 4.74 Å². The standard InChI is InChI=1S/C27H44O/c1-7-8-9-12-21(2)13-10-14-22(3)15-11-19-27(6)20-18-25-17-16-23(4)24(5)26(25)28-27/h13,15-17,24,26H,7-12,14,18-20H2,1-6H3/b21-13+,22-15+. The third-order valence-electron chi connectivity index (χ3n) is 6.82. The molecule has 1 saturated heterocycles. The van der Waals surface area contributed by atoms with Crippen LogP contribution in [0, 0.1) is 5.92 Å². The van der Waals surface area contributed by atoms with Crippen LogP contribution in [0.25, 0.3) is 0 Å². The largest absolute Gasteiger partial charge is 0.367 e. The predicted octanol–water partition coefficient (Wildman–Crippen LogP) is 8.48. The number of hydrogen-bond acceptors (Lipinski definition) is 1. The lowest BCUT2D eigenvalue weighted by Crippen LogP contribution is -2.43. The van der Waals surface area contributed by atoms with E-state index in [1.54, 1.807) is 5.57 Å². The lowest BCUT2D eigenvalue weighted by Gasteiger charge is -2.44. The summed E-state index contributed by atoms with van der Waals surface area (Å²) in [6.07, 6.45) is 22.1. The van der Waals surface area contributed by atoms with Gasteiger partial charge in [0.2, 0.25) is 0 Å². The summed E-state index contributed by atoms with van der Waals surface area (Å²) in [4.78, 5) is 0. The topological polar surface area (TPSA) is 9.23 Å². The highest BCUT2D eigenvalue weighted by atomic mass is 16.5. The van der Waals surface area contributed by atoms with E-state index >= 15 is 0 Å². The van der Waals surface area contributed by atoms with Gasteiger partial charge >= 0.3 is 0 Å². The molecule has 1 aliphatic carbocycles. The van der Waals surface area contributed by atoms with E-state index in [2.05, 4.69) is 65.8 Å². The van der Waals surface area contributed by atoms with Gasteiger partial charge in [-0.05, 0) is 84.6 Å². The maximum atomic E-state index is 6.65. The van der Waals surface area contributed by atoms with Crippen molar-refractivity contribution >= 4 is 0 Å². The summed E-state index contributed by atoms with van der Waals surface area (Å²) in [6, 6.07) is 0. The Morgan fingerprint density at radius 3 is 2.57 bits per heavy atom. The average molecular weight is 385 g/mol. The van der Waals surface area contributed by atoms with E-state index < -0.39 is 0 Å². The van der Waals surface area contributed by atoms with Crippen LogP contribution in [0.5, 0.6) is 0 Å². The minimum Gasteiger partial charge on any atom is -0.367 e. The summed E-state index contributed by atoms with van der Waals surface area (Å²) in [5.41, 5.74) is 6.08. The molecule has 2 rings (SSSR count). The zero-order valence-corrected chi connectivity index (χ0v) is 19.4. The fourth-order valence-electron chi connectivity index (χ4n) is 4.43. The van der Waals surface area contributed by atoms with E-state index in [9.17, 15) is 0 Å². The molecule has 28 heavy (non-hydrogen) atoms. The van der Waals surface area contributed by atoms with E-state index in [0.717, 1.165) is 19.3 Å². The Bertz CT molecular complexity index is 618. The second kappa shape index (κ2) is 11.2. The second-order valence-corrected chi connectivity index (χ2v) is 9.56. The van der Waals surface area contributed by atoms with Gasteiger partial charge < -0.3 is 4.74 Å². The number of rotatable bonds is 10. The van der Waals surface area contributed by atoms with Crippen molar-refractivity contribution in [2.75, 3.05) is 0 Å². The van der Waals surface area contributed by atoms with Crippen molar-refractivity contribution in [1.82, 2.24) is 0 Å². The molecule has 0 amide bonds. The number of ether oxygens (including phenoxy) is 1. The molecule has 1 nitrogen and oxygen atoms in total.